The van der Waals surface area contributed by atoms with Crippen molar-refractivity contribution in [1.82, 2.24) is 5.32 Å². The summed E-state index contributed by atoms with van der Waals surface area (Å²) in [7, 11) is 0. The second-order valence-corrected chi connectivity index (χ2v) is 4.52. The first-order chi connectivity index (χ1) is 8.22. The Balaban J connectivity index is 2.87. The number of benzene rings is 1. The van der Waals surface area contributed by atoms with Crippen molar-refractivity contribution in [2.45, 2.75) is 52.0 Å². The molecule has 2 heteroatoms. The number of halogens is 1. The van der Waals surface area contributed by atoms with E-state index in [2.05, 4.69) is 26.1 Å². The highest BCUT2D eigenvalue weighted by Gasteiger charge is 2.20. The average Bonchev–Trinajstić information content (AvgIpc) is 2.31. The molecule has 0 radical (unpaired) electrons. The first-order valence-corrected chi connectivity index (χ1v) is 6.71. The first-order valence-electron chi connectivity index (χ1n) is 6.71. The van der Waals surface area contributed by atoms with Gasteiger partial charge >= 0.3 is 0 Å². The molecule has 0 aliphatic heterocycles. The molecule has 0 fully saturated rings. The van der Waals surface area contributed by atoms with E-state index in [1.165, 1.54) is 6.07 Å². The molecular formula is C15H24FN. The van der Waals surface area contributed by atoms with Crippen molar-refractivity contribution < 1.29 is 4.39 Å². The molecule has 1 nitrogen and oxygen atoms in total. The summed E-state index contributed by atoms with van der Waals surface area (Å²) in [6.07, 6.45) is 3.34. The quantitative estimate of drug-likeness (QED) is 0.753. The molecule has 1 rings (SSSR count). The molecule has 0 bridgehead atoms. The monoisotopic (exact) mass is 237 g/mol. The van der Waals surface area contributed by atoms with Gasteiger partial charge in [0.15, 0.2) is 0 Å². The third-order valence-electron chi connectivity index (χ3n) is 3.27. The van der Waals surface area contributed by atoms with E-state index >= 15 is 0 Å². The van der Waals surface area contributed by atoms with Gasteiger partial charge in [-0.05, 0) is 43.0 Å². The normalized spacial score (nSPS) is 14.6. The second-order valence-electron chi connectivity index (χ2n) is 4.52. The van der Waals surface area contributed by atoms with Crippen LogP contribution in [0.3, 0.4) is 0 Å². The van der Waals surface area contributed by atoms with Crippen molar-refractivity contribution >= 4 is 0 Å². The van der Waals surface area contributed by atoms with Crippen LogP contribution in [0.15, 0.2) is 24.3 Å². The highest BCUT2D eigenvalue weighted by Crippen LogP contribution is 2.26. The zero-order valence-electron chi connectivity index (χ0n) is 11.2. The van der Waals surface area contributed by atoms with Crippen LogP contribution in [0.2, 0.25) is 0 Å². The summed E-state index contributed by atoms with van der Waals surface area (Å²) >= 11 is 0. The molecular weight excluding hydrogens is 213 g/mol. The van der Waals surface area contributed by atoms with Crippen LogP contribution in [0.4, 0.5) is 4.39 Å². The van der Waals surface area contributed by atoms with Crippen LogP contribution in [0.25, 0.3) is 0 Å². The van der Waals surface area contributed by atoms with Crippen LogP contribution in [0.5, 0.6) is 0 Å². The van der Waals surface area contributed by atoms with E-state index in [-0.39, 0.29) is 5.82 Å². The lowest BCUT2D eigenvalue weighted by molar-refractivity contribution is 0.403. The average molecular weight is 237 g/mol. The van der Waals surface area contributed by atoms with Gasteiger partial charge in [0.25, 0.3) is 0 Å². The van der Waals surface area contributed by atoms with Gasteiger partial charge in [-0.2, -0.15) is 0 Å². The molecule has 1 N–H and O–H groups in total. The van der Waals surface area contributed by atoms with Gasteiger partial charge < -0.3 is 5.32 Å². The van der Waals surface area contributed by atoms with Crippen molar-refractivity contribution in [2.75, 3.05) is 6.54 Å². The third-order valence-corrected chi connectivity index (χ3v) is 3.27. The van der Waals surface area contributed by atoms with Gasteiger partial charge in [-0.1, -0.05) is 39.3 Å². The molecule has 0 aliphatic rings. The van der Waals surface area contributed by atoms with Crippen LogP contribution in [-0.2, 0) is 0 Å². The Morgan fingerprint density at radius 2 is 2.00 bits per heavy atom. The lowest BCUT2D eigenvalue weighted by Gasteiger charge is -2.27. The molecule has 0 saturated heterocycles. The Hall–Kier alpha value is -0.890. The molecule has 2 unspecified atom stereocenters. The summed E-state index contributed by atoms with van der Waals surface area (Å²) < 4.78 is 13.3. The van der Waals surface area contributed by atoms with Crippen LogP contribution in [-0.4, -0.2) is 12.6 Å². The van der Waals surface area contributed by atoms with E-state index in [4.69, 9.17) is 0 Å². The summed E-state index contributed by atoms with van der Waals surface area (Å²) in [5.41, 5.74) is 1.12. The Morgan fingerprint density at radius 1 is 1.24 bits per heavy atom. The van der Waals surface area contributed by atoms with Gasteiger partial charge in [-0.3, -0.25) is 0 Å². The molecule has 2 atom stereocenters. The van der Waals surface area contributed by atoms with Crippen molar-refractivity contribution in [2.24, 2.45) is 0 Å². The Kier molecular flexibility index (Phi) is 6.20. The lowest BCUT2D eigenvalue weighted by atomic mass is 9.86. The molecule has 17 heavy (non-hydrogen) atoms. The maximum absolute atomic E-state index is 13.3. The molecule has 0 aromatic heterocycles. The van der Waals surface area contributed by atoms with E-state index in [1.807, 2.05) is 12.1 Å². The minimum absolute atomic E-state index is 0.132. The largest absolute Gasteiger partial charge is 0.314 e. The number of hydrogen-bond acceptors (Lipinski definition) is 1. The number of nitrogens with one attached hydrogen (secondary N) is 1. The molecule has 1 aromatic rings. The van der Waals surface area contributed by atoms with Crippen LogP contribution in [0, 0.1) is 5.82 Å². The van der Waals surface area contributed by atoms with Gasteiger partial charge in [0.2, 0.25) is 0 Å². The molecule has 1 aromatic carbocycles. The summed E-state index contributed by atoms with van der Waals surface area (Å²) in [4.78, 5) is 0. The summed E-state index contributed by atoms with van der Waals surface area (Å²) in [5, 5.41) is 3.53. The number of rotatable bonds is 7. The maximum atomic E-state index is 13.3. The van der Waals surface area contributed by atoms with E-state index in [1.54, 1.807) is 6.07 Å². The highest BCUT2D eigenvalue weighted by atomic mass is 19.1. The van der Waals surface area contributed by atoms with Crippen molar-refractivity contribution in [3.8, 4) is 0 Å². The highest BCUT2D eigenvalue weighted by molar-refractivity contribution is 5.22. The summed E-state index contributed by atoms with van der Waals surface area (Å²) in [5.74, 6) is 0.276. The smallest absolute Gasteiger partial charge is 0.123 e. The molecule has 0 aliphatic carbocycles. The fourth-order valence-corrected chi connectivity index (χ4v) is 2.51. The number of likely N-dealkylation sites (N-methyl/N-ethyl adjacent to an activating group) is 1. The molecule has 0 spiro atoms. The molecule has 0 amide bonds. The predicted molar refractivity (Wildman–Crippen MR) is 71.8 cm³/mol. The molecule has 0 saturated carbocycles. The van der Waals surface area contributed by atoms with Gasteiger partial charge in [-0.15, -0.1) is 0 Å². The molecule has 96 valence electrons. The zero-order chi connectivity index (χ0) is 12.7. The SMILES string of the molecule is CCCC(NCC)C(CC)c1cccc(F)c1. The van der Waals surface area contributed by atoms with Gasteiger partial charge in [0, 0.05) is 6.04 Å². The van der Waals surface area contributed by atoms with Crippen LogP contribution in [0.1, 0.15) is 51.5 Å². The standard InChI is InChI=1S/C15H24FN/c1-4-8-15(17-6-3)14(5-2)12-9-7-10-13(16)11-12/h7,9-11,14-15,17H,4-6,8H2,1-3H3. The van der Waals surface area contributed by atoms with Crippen molar-refractivity contribution in [3.63, 3.8) is 0 Å². The minimum Gasteiger partial charge on any atom is -0.314 e. The maximum Gasteiger partial charge on any atom is 0.123 e. The van der Waals surface area contributed by atoms with E-state index in [0.717, 1.165) is 31.4 Å². The molecule has 0 heterocycles. The Labute approximate surface area is 104 Å². The fourth-order valence-electron chi connectivity index (χ4n) is 2.51. The first kappa shape index (κ1) is 14.2. The second kappa shape index (κ2) is 7.44. The summed E-state index contributed by atoms with van der Waals surface area (Å²) in [6.45, 7) is 7.47. The Morgan fingerprint density at radius 3 is 2.53 bits per heavy atom. The van der Waals surface area contributed by atoms with Crippen molar-refractivity contribution in [1.29, 1.82) is 0 Å². The van der Waals surface area contributed by atoms with Crippen LogP contribution >= 0.6 is 0 Å². The summed E-state index contributed by atoms with van der Waals surface area (Å²) in [6, 6.07) is 7.49. The Bertz CT molecular complexity index is 318. The zero-order valence-corrected chi connectivity index (χ0v) is 11.2. The van der Waals surface area contributed by atoms with E-state index in [0.29, 0.717) is 12.0 Å². The van der Waals surface area contributed by atoms with E-state index < -0.39 is 0 Å². The van der Waals surface area contributed by atoms with Gasteiger partial charge in [-0.25, -0.2) is 4.39 Å². The lowest BCUT2D eigenvalue weighted by Crippen LogP contribution is -2.34. The number of hydrogen-bond donors (Lipinski definition) is 1. The van der Waals surface area contributed by atoms with E-state index in [9.17, 15) is 4.39 Å². The third kappa shape index (κ3) is 4.12. The van der Waals surface area contributed by atoms with Gasteiger partial charge in [0.1, 0.15) is 5.82 Å². The van der Waals surface area contributed by atoms with Gasteiger partial charge in [0.05, 0.1) is 0 Å². The van der Waals surface area contributed by atoms with Crippen LogP contribution < -0.4 is 5.32 Å². The van der Waals surface area contributed by atoms with Crippen molar-refractivity contribution in [3.05, 3.63) is 35.6 Å². The predicted octanol–water partition coefficient (Wildman–Crippen LogP) is 4.10. The minimum atomic E-state index is -0.132. The fraction of sp³-hybridized carbons (Fsp3) is 0.600. The topological polar surface area (TPSA) is 12.0 Å².